The lowest BCUT2D eigenvalue weighted by atomic mass is 10.2. The van der Waals surface area contributed by atoms with Crippen molar-refractivity contribution in [2.75, 3.05) is 5.32 Å². The third-order valence-corrected chi connectivity index (χ3v) is 5.87. The molecule has 1 N–H and O–H groups in total. The van der Waals surface area contributed by atoms with E-state index >= 15 is 0 Å². The largest absolute Gasteiger partial charge is 0.439 e. The molecule has 134 valence electrons. The summed E-state index contributed by atoms with van der Waals surface area (Å²) in [4.78, 5) is 12.4. The van der Waals surface area contributed by atoms with E-state index in [2.05, 4.69) is 5.32 Å². The Morgan fingerprint density at radius 2 is 1.58 bits per heavy atom. The zero-order valence-corrected chi connectivity index (χ0v) is 15.8. The van der Waals surface area contributed by atoms with Crippen molar-refractivity contribution in [1.29, 1.82) is 0 Å². The minimum absolute atomic E-state index is 0.0820. The predicted octanol–water partition coefficient (Wildman–Crippen LogP) is 4.98. The fourth-order valence-corrected chi connectivity index (χ4v) is 3.88. The van der Waals surface area contributed by atoms with Crippen molar-refractivity contribution >= 4 is 44.6 Å². The fraction of sp³-hybridized carbons (Fsp3) is 0.0556. The van der Waals surface area contributed by atoms with Crippen LogP contribution in [0.25, 0.3) is 0 Å². The standard InChI is InChI=1S/C18H13Cl2NO4S/c1-11-5-7-12(8-6-11)26(23,24)16-10-9-15(25-16)18(22)21-17-13(19)3-2-4-14(17)20/h2-10H,1H3,(H,21,22). The number of para-hydroxylation sites is 1. The first-order valence-corrected chi connectivity index (χ1v) is 9.70. The molecule has 1 heterocycles. The quantitative estimate of drug-likeness (QED) is 0.658. The normalized spacial score (nSPS) is 11.3. The van der Waals surface area contributed by atoms with Gasteiger partial charge in [-0.3, -0.25) is 4.79 Å². The summed E-state index contributed by atoms with van der Waals surface area (Å²) >= 11 is 12.0. The van der Waals surface area contributed by atoms with Crippen LogP contribution in [0.5, 0.6) is 0 Å². The molecule has 0 saturated heterocycles. The van der Waals surface area contributed by atoms with E-state index in [1.165, 1.54) is 24.3 Å². The fourth-order valence-electron chi connectivity index (χ4n) is 2.21. The molecule has 5 nitrogen and oxygen atoms in total. The van der Waals surface area contributed by atoms with Crippen molar-refractivity contribution in [1.82, 2.24) is 0 Å². The average Bonchev–Trinajstić information content (AvgIpc) is 3.09. The third-order valence-electron chi connectivity index (χ3n) is 3.60. The Kier molecular flexibility index (Phi) is 5.09. The van der Waals surface area contributed by atoms with Crippen molar-refractivity contribution in [3.8, 4) is 0 Å². The monoisotopic (exact) mass is 409 g/mol. The van der Waals surface area contributed by atoms with Crippen LogP contribution in [0.15, 0.2) is 69.0 Å². The van der Waals surface area contributed by atoms with Crippen molar-refractivity contribution in [2.24, 2.45) is 0 Å². The Bertz CT molecular complexity index is 1050. The minimum Gasteiger partial charge on any atom is -0.439 e. The van der Waals surface area contributed by atoms with Gasteiger partial charge >= 0.3 is 0 Å². The van der Waals surface area contributed by atoms with E-state index in [-0.39, 0.29) is 31.5 Å². The Balaban J connectivity index is 1.87. The van der Waals surface area contributed by atoms with Crippen LogP contribution in [0.3, 0.4) is 0 Å². The summed E-state index contributed by atoms with van der Waals surface area (Å²) in [5, 5.41) is 2.70. The molecule has 0 saturated carbocycles. The van der Waals surface area contributed by atoms with Crippen LogP contribution >= 0.6 is 23.2 Å². The van der Waals surface area contributed by atoms with E-state index in [1.807, 2.05) is 6.92 Å². The molecule has 26 heavy (non-hydrogen) atoms. The van der Waals surface area contributed by atoms with Gasteiger partial charge in [-0.15, -0.1) is 0 Å². The van der Waals surface area contributed by atoms with Gasteiger partial charge in [0.25, 0.3) is 5.91 Å². The lowest BCUT2D eigenvalue weighted by Crippen LogP contribution is -2.11. The van der Waals surface area contributed by atoms with E-state index < -0.39 is 15.7 Å². The molecule has 0 aliphatic carbocycles. The molecular weight excluding hydrogens is 397 g/mol. The van der Waals surface area contributed by atoms with Crippen LogP contribution in [0.4, 0.5) is 5.69 Å². The summed E-state index contributed by atoms with van der Waals surface area (Å²) in [6.07, 6.45) is 0. The second-order valence-electron chi connectivity index (χ2n) is 5.49. The molecule has 0 unspecified atom stereocenters. The molecule has 0 aliphatic rings. The van der Waals surface area contributed by atoms with Crippen molar-refractivity contribution < 1.29 is 17.6 Å². The SMILES string of the molecule is Cc1ccc(S(=O)(=O)c2ccc(C(=O)Nc3c(Cl)cccc3Cl)o2)cc1. The summed E-state index contributed by atoms with van der Waals surface area (Å²) < 4.78 is 30.4. The lowest BCUT2D eigenvalue weighted by molar-refractivity contribution is 0.0991. The average molecular weight is 410 g/mol. The zero-order valence-electron chi connectivity index (χ0n) is 13.5. The Labute approximate surface area is 160 Å². The molecule has 1 aromatic heterocycles. The highest BCUT2D eigenvalue weighted by Crippen LogP contribution is 2.30. The van der Waals surface area contributed by atoms with Gasteiger partial charge in [0.1, 0.15) is 0 Å². The highest BCUT2D eigenvalue weighted by atomic mass is 35.5. The smallest absolute Gasteiger partial charge is 0.291 e. The molecule has 3 aromatic rings. The molecule has 0 atom stereocenters. The lowest BCUT2D eigenvalue weighted by Gasteiger charge is -2.07. The van der Waals surface area contributed by atoms with E-state index in [1.54, 1.807) is 30.3 Å². The number of nitrogens with one attached hydrogen (secondary N) is 1. The number of amides is 1. The van der Waals surface area contributed by atoms with E-state index in [0.29, 0.717) is 0 Å². The number of benzene rings is 2. The van der Waals surface area contributed by atoms with Gasteiger partial charge < -0.3 is 9.73 Å². The molecule has 0 aliphatic heterocycles. The van der Waals surface area contributed by atoms with Crippen LogP contribution in [-0.4, -0.2) is 14.3 Å². The highest BCUT2D eigenvalue weighted by Gasteiger charge is 2.24. The van der Waals surface area contributed by atoms with E-state index in [9.17, 15) is 13.2 Å². The summed E-state index contributed by atoms with van der Waals surface area (Å²) in [6.45, 7) is 1.85. The summed E-state index contributed by atoms with van der Waals surface area (Å²) in [5.41, 5.74) is 1.15. The Morgan fingerprint density at radius 1 is 0.962 bits per heavy atom. The minimum atomic E-state index is -3.86. The first kappa shape index (κ1) is 18.5. The highest BCUT2D eigenvalue weighted by molar-refractivity contribution is 7.91. The van der Waals surface area contributed by atoms with Gasteiger partial charge in [0.2, 0.25) is 14.9 Å². The molecule has 2 aromatic carbocycles. The maximum Gasteiger partial charge on any atom is 0.291 e. The van der Waals surface area contributed by atoms with Gasteiger partial charge in [-0.2, -0.15) is 0 Å². The summed E-state index contributed by atoms with van der Waals surface area (Å²) in [7, 11) is -3.86. The Hall–Kier alpha value is -2.28. The van der Waals surface area contributed by atoms with Crippen LogP contribution < -0.4 is 5.32 Å². The zero-order chi connectivity index (χ0) is 18.9. The van der Waals surface area contributed by atoms with Gasteiger partial charge in [-0.1, -0.05) is 47.0 Å². The van der Waals surface area contributed by atoms with Gasteiger partial charge in [-0.25, -0.2) is 8.42 Å². The number of rotatable bonds is 4. The van der Waals surface area contributed by atoms with Crippen molar-refractivity contribution in [3.05, 3.63) is 76.0 Å². The maximum atomic E-state index is 12.6. The number of carbonyl (C=O) groups is 1. The number of sulfone groups is 1. The van der Waals surface area contributed by atoms with Crippen LogP contribution in [0.1, 0.15) is 16.1 Å². The van der Waals surface area contributed by atoms with Gasteiger partial charge in [0.05, 0.1) is 20.6 Å². The van der Waals surface area contributed by atoms with E-state index in [0.717, 1.165) is 5.56 Å². The first-order valence-electron chi connectivity index (χ1n) is 7.46. The van der Waals surface area contributed by atoms with Crippen molar-refractivity contribution in [3.63, 3.8) is 0 Å². The number of hydrogen-bond acceptors (Lipinski definition) is 4. The summed E-state index contributed by atoms with van der Waals surface area (Å²) in [5.74, 6) is -0.836. The topological polar surface area (TPSA) is 76.4 Å². The molecule has 1 amide bonds. The van der Waals surface area contributed by atoms with Gasteiger partial charge in [-0.05, 0) is 43.3 Å². The number of anilines is 1. The molecule has 0 bridgehead atoms. The number of furan rings is 1. The predicted molar refractivity (Wildman–Crippen MR) is 99.8 cm³/mol. The molecule has 0 radical (unpaired) electrons. The number of carbonyl (C=O) groups excluding carboxylic acids is 1. The number of halogens is 2. The summed E-state index contributed by atoms with van der Waals surface area (Å²) in [6, 6.07) is 13.6. The van der Waals surface area contributed by atoms with Gasteiger partial charge in [0.15, 0.2) is 5.76 Å². The van der Waals surface area contributed by atoms with Crippen LogP contribution in [-0.2, 0) is 9.84 Å². The van der Waals surface area contributed by atoms with Crippen LogP contribution in [0.2, 0.25) is 10.0 Å². The second-order valence-corrected chi connectivity index (χ2v) is 8.18. The van der Waals surface area contributed by atoms with Gasteiger partial charge in [0, 0.05) is 0 Å². The van der Waals surface area contributed by atoms with Crippen molar-refractivity contribution in [2.45, 2.75) is 16.9 Å². The van der Waals surface area contributed by atoms with E-state index in [4.69, 9.17) is 27.6 Å². The Morgan fingerprint density at radius 3 is 2.19 bits per heavy atom. The molecule has 0 spiro atoms. The molecular formula is C18H13Cl2NO4S. The number of hydrogen-bond donors (Lipinski definition) is 1. The van der Waals surface area contributed by atoms with Crippen LogP contribution in [0, 0.1) is 6.92 Å². The molecule has 0 fully saturated rings. The maximum absolute atomic E-state index is 12.6. The second kappa shape index (κ2) is 7.15. The third kappa shape index (κ3) is 3.62. The molecule has 8 heteroatoms. The molecule has 3 rings (SSSR count). The number of aryl methyl sites for hydroxylation is 1. The first-order chi connectivity index (χ1) is 12.3.